The van der Waals surface area contributed by atoms with Gasteiger partial charge in [0.15, 0.2) is 0 Å². The summed E-state index contributed by atoms with van der Waals surface area (Å²) in [7, 11) is 0. The lowest BCUT2D eigenvalue weighted by atomic mass is 9.86. The van der Waals surface area contributed by atoms with Gasteiger partial charge < -0.3 is 4.90 Å². The Hall–Kier alpha value is -0.570. The Bertz CT molecular complexity index is 328. The highest BCUT2D eigenvalue weighted by Crippen LogP contribution is 2.36. The number of carbonyl (C=O) groups is 1. The quantitative estimate of drug-likeness (QED) is 0.851. The highest BCUT2D eigenvalue weighted by Gasteiger charge is 2.46. The molecule has 1 aliphatic carbocycles. The second-order valence-electron chi connectivity index (χ2n) is 7.40. The third-order valence-corrected chi connectivity index (χ3v) is 5.15. The van der Waals surface area contributed by atoms with Crippen LogP contribution in [0.3, 0.4) is 0 Å². The van der Waals surface area contributed by atoms with Gasteiger partial charge in [0.05, 0.1) is 12.2 Å². The van der Waals surface area contributed by atoms with Gasteiger partial charge in [0.2, 0.25) is 5.91 Å². The lowest BCUT2D eigenvalue weighted by Gasteiger charge is -2.40. The fourth-order valence-corrected chi connectivity index (χ4v) is 3.45. The fourth-order valence-electron chi connectivity index (χ4n) is 3.45. The molecule has 0 bridgehead atoms. The second kappa shape index (κ2) is 5.43. The molecule has 1 amide bonds. The second-order valence-corrected chi connectivity index (χ2v) is 7.40. The summed E-state index contributed by atoms with van der Waals surface area (Å²) in [6.45, 7) is 11.0. The van der Waals surface area contributed by atoms with Crippen molar-refractivity contribution in [2.75, 3.05) is 0 Å². The number of carbonyl (C=O) groups excluding carboxylic acids is 1. The van der Waals surface area contributed by atoms with Gasteiger partial charge in [-0.2, -0.15) is 0 Å². The Kier molecular flexibility index (Phi) is 4.24. The first-order valence-corrected chi connectivity index (χ1v) is 7.94. The van der Waals surface area contributed by atoms with Crippen LogP contribution >= 0.6 is 0 Å². The maximum Gasteiger partial charge on any atom is 0.241 e. The summed E-state index contributed by atoms with van der Waals surface area (Å²) in [4.78, 5) is 14.8. The van der Waals surface area contributed by atoms with Crippen LogP contribution in [0.4, 0.5) is 0 Å². The van der Waals surface area contributed by atoms with E-state index >= 15 is 0 Å². The zero-order valence-corrected chi connectivity index (χ0v) is 13.2. The molecule has 1 N–H and O–H groups in total. The van der Waals surface area contributed by atoms with E-state index in [1.165, 1.54) is 25.7 Å². The summed E-state index contributed by atoms with van der Waals surface area (Å²) in [6.07, 6.45) is 6.37. The summed E-state index contributed by atoms with van der Waals surface area (Å²) in [5, 5.41) is 3.61. The monoisotopic (exact) mass is 266 g/mol. The molecule has 3 unspecified atom stereocenters. The van der Waals surface area contributed by atoms with Crippen LogP contribution in [0.2, 0.25) is 0 Å². The Morgan fingerprint density at radius 3 is 2.37 bits per heavy atom. The Morgan fingerprint density at radius 1 is 1.32 bits per heavy atom. The first-order valence-electron chi connectivity index (χ1n) is 7.94. The van der Waals surface area contributed by atoms with Gasteiger partial charge in [-0.3, -0.25) is 10.1 Å². The maximum absolute atomic E-state index is 12.7. The zero-order valence-electron chi connectivity index (χ0n) is 13.2. The highest BCUT2D eigenvalue weighted by atomic mass is 16.2. The largest absolute Gasteiger partial charge is 0.322 e. The standard InChI is InChI=1S/C16H30N2O/c1-6-13-15(19)18(11(2)16(3,4)5)14(17-13)12-9-7-8-10-12/h11-14,17H,6-10H2,1-5H3. The van der Waals surface area contributed by atoms with E-state index in [0.29, 0.717) is 11.8 Å². The van der Waals surface area contributed by atoms with E-state index in [1.807, 2.05) is 0 Å². The molecule has 0 aromatic rings. The van der Waals surface area contributed by atoms with Crippen LogP contribution in [0.1, 0.15) is 66.7 Å². The number of nitrogens with one attached hydrogen (secondary N) is 1. The van der Waals surface area contributed by atoms with E-state index in [0.717, 1.165) is 6.42 Å². The van der Waals surface area contributed by atoms with Gasteiger partial charge in [0.25, 0.3) is 0 Å². The lowest BCUT2D eigenvalue weighted by Crippen LogP contribution is -2.51. The minimum absolute atomic E-state index is 0.0374. The van der Waals surface area contributed by atoms with E-state index in [1.54, 1.807) is 0 Å². The van der Waals surface area contributed by atoms with Crippen LogP contribution in [0.25, 0.3) is 0 Å². The summed E-state index contributed by atoms with van der Waals surface area (Å²) < 4.78 is 0. The van der Waals surface area contributed by atoms with Crippen molar-refractivity contribution in [2.24, 2.45) is 11.3 Å². The molecule has 2 fully saturated rings. The third kappa shape index (κ3) is 2.81. The molecule has 1 saturated carbocycles. The molecule has 0 aromatic heterocycles. The smallest absolute Gasteiger partial charge is 0.241 e. The van der Waals surface area contributed by atoms with E-state index < -0.39 is 0 Å². The summed E-state index contributed by atoms with van der Waals surface area (Å²) in [5.41, 5.74) is 0.136. The van der Waals surface area contributed by atoms with E-state index in [9.17, 15) is 4.79 Å². The molecule has 3 nitrogen and oxygen atoms in total. The molecule has 1 saturated heterocycles. The van der Waals surface area contributed by atoms with E-state index in [4.69, 9.17) is 0 Å². The zero-order chi connectivity index (χ0) is 14.2. The van der Waals surface area contributed by atoms with Crippen molar-refractivity contribution in [3.8, 4) is 0 Å². The maximum atomic E-state index is 12.7. The molecule has 1 aliphatic heterocycles. The molecule has 2 aliphatic rings. The van der Waals surface area contributed by atoms with Gasteiger partial charge in [0.1, 0.15) is 0 Å². The van der Waals surface area contributed by atoms with Gasteiger partial charge in [-0.25, -0.2) is 0 Å². The number of hydrogen-bond acceptors (Lipinski definition) is 2. The topological polar surface area (TPSA) is 32.3 Å². The molecular formula is C16H30N2O. The minimum atomic E-state index is 0.0374. The van der Waals surface area contributed by atoms with Crippen LogP contribution < -0.4 is 5.32 Å². The van der Waals surface area contributed by atoms with Crippen LogP contribution in [0.15, 0.2) is 0 Å². The molecule has 0 spiro atoms. The molecule has 19 heavy (non-hydrogen) atoms. The third-order valence-electron chi connectivity index (χ3n) is 5.15. The predicted molar refractivity (Wildman–Crippen MR) is 78.7 cm³/mol. The minimum Gasteiger partial charge on any atom is -0.322 e. The number of nitrogens with zero attached hydrogens (tertiary/aromatic N) is 1. The Labute approximate surface area is 118 Å². The van der Waals surface area contributed by atoms with Crippen LogP contribution in [-0.2, 0) is 4.79 Å². The molecule has 110 valence electrons. The van der Waals surface area contributed by atoms with Crippen LogP contribution in [0.5, 0.6) is 0 Å². The molecule has 3 heteroatoms. The summed E-state index contributed by atoms with van der Waals surface area (Å²) in [6, 6.07) is 0.324. The van der Waals surface area contributed by atoms with Crippen molar-refractivity contribution in [1.29, 1.82) is 0 Å². The first-order chi connectivity index (χ1) is 8.86. The fraction of sp³-hybridized carbons (Fsp3) is 0.938. The van der Waals surface area contributed by atoms with Gasteiger partial charge in [0, 0.05) is 6.04 Å². The SMILES string of the molecule is CCC1NC(C2CCCC2)N(C(C)C(C)(C)C)C1=O. The first kappa shape index (κ1) is 14.8. The van der Waals surface area contributed by atoms with E-state index in [2.05, 4.69) is 44.8 Å². The number of hydrogen-bond donors (Lipinski definition) is 1. The Morgan fingerprint density at radius 2 is 1.89 bits per heavy atom. The molecule has 2 rings (SSSR count). The average Bonchev–Trinajstić information content (AvgIpc) is 2.93. The predicted octanol–water partition coefficient (Wildman–Crippen LogP) is 3.15. The van der Waals surface area contributed by atoms with Gasteiger partial charge in [-0.15, -0.1) is 0 Å². The van der Waals surface area contributed by atoms with Crippen molar-refractivity contribution >= 4 is 5.91 Å². The average molecular weight is 266 g/mol. The van der Waals surface area contributed by atoms with E-state index in [-0.39, 0.29) is 23.7 Å². The highest BCUT2D eigenvalue weighted by molar-refractivity contribution is 5.84. The van der Waals surface area contributed by atoms with Gasteiger partial charge in [-0.05, 0) is 37.5 Å². The number of amides is 1. The molecule has 0 radical (unpaired) electrons. The van der Waals surface area contributed by atoms with Crippen molar-refractivity contribution in [2.45, 2.75) is 85.0 Å². The van der Waals surface area contributed by atoms with Crippen LogP contribution in [0, 0.1) is 11.3 Å². The van der Waals surface area contributed by atoms with Crippen molar-refractivity contribution in [3.05, 3.63) is 0 Å². The molecule has 1 heterocycles. The van der Waals surface area contributed by atoms with Gasteiger partial charge >= 0.3 is 0 Å². The lowest BCUT2D eigenvalue weighted by molar-refractivity contribution is -0.135. The van der Waals surface area contributed by atoms with Crippen molar-refractivity contribution in [3.63, 3.8) is 0 Å². The van der Waals surface area contributed by atoms with Crippen molar-refractivity contribution < 1.29 is 4.79 Å². The van der Waals surface area contributed by atoms with Crippen molar-refractivity contribution in [1.82, 2.24) is 10.2 Å². The Balaban J connectivity index is 2.21. The molecule has 0 aromatic carbocycles. The molecule has 3 atom stereocenters. The normalized spacial score (nSPS) is 31.2. The number of rotatable bonds is 3. The molecular weight excluding hydrogens is 236 g/mol. The summed E-state index contributed by atoms with van der Waals surface area (Å²) >= 11 is 0. The van der Waals surface area contributed by atoms with Crippen LogP contribution in [-0.4, -0.2) is 29.1 Å². The summed E-state index contributed by atoms with van der Waals surface area (Å²) in [5.74, 6) is 0.979. The van der Waals surface area contributed by atoms with Gasteiger partial charge in [-0.1, -0.05) is 40.5 Å².